The summed E-state index contributed by atoms with van der Waals surface area (Å²) in [5, 5.41) is 15.2. The van der Waals surface area contributed by atoms with E-state index < -0.39 is 0 Å². The summed E-state index contributed by atoms with van der Waals surface area (Å²) >= 11 is 3.12. The summed E-state index contributed by atoms with van der Waals surface area (Å²) in [6.07, 6.45) is 4.45. The molecule has 0 saturated carbocycles. The Morgan fingerprint density at radius 2 is 1.50 bits per heavy atom. The molecule has 200 valence electrons. The highest BCUT2D eigenvalue weighted by Crippen LogP contribution is 2.18. The Morgan fingerprint density at radius 1 is 0.842 bits per heavy atom. The average molecular weight is 554 g/mol. The van der Waals surface area contributed by atoms with E-state index >= 15 is 0 Å². The summed E-state index contributed by atoms with van der Waals surface area (Å²) in [4.78, 5) is 11.8. The lowest BCUT2D eigenvalue weighted by Crippen LogP contribution is -1.93. The third-order valence-electron chi connectivity index (χ3n) is 4.87. The second-order valence-corrected chi connectivity index (χ2v) is 9.97. The molecule has 5 aromatic rings. The minimum absolute atomic E-state index is 0.325. The highest BCUT2D eigenvalue weighted by Gasteiger charge is 2.08. The molecular weight excluding hydrogens is 522 g/mol. The predicted molar refractivity (Wildman–Crippen MR) is 156 cm³/mol. The molecule has 0 amide bonds. The zero-order valence-corrected chi connectivity index (χ0v) is 23.8. The fourth-order valence-corrected chi connectivity index (χ4v) is 4.10. The number of aromatic amines is 1. The first-order valence-electron chi connectivity index (χ1n) is 11.5. The molecule has 3 aromatic heterocycles. The molecule has 38 heavy (non-hydrogen) atoms. The molecule has 0 fully saturated rings. The van der Waals surface area contributed by atoms with Crippen molar-refractivity contribution in [2.24, 2.45) is 4.99 Å². The number of aliphatic imine (C=N–C) groups is 1. The van der Waals surface area contributed by atoms with E-state index in [1.165, 1.54) is 5.56 Å². The molecular formula is C25H31N9O2S2. The lowest BCUT2D eigenvalue weighted by atomic mass is 10.2. The van der Waals surface area contributed by atoms with Gasteiger partial charge in [0, 0.05) is 13.8 Å². The number of aromatic nitrogens is 6. The normalized spacial score (nSPS) is 10.4. The fourth-order valence-electron chi connectivity index (χ4n) is 3.09. The second kappa shape index (κ2) is 13.6. The number of nitrogen functional groups attached to an aromatic ring is 2. The molecule has 13 heteroatoms. The minimum atomic E-state index is 0.325. The summed E-state index contributed by atoms with van der Waals surface area (Å²) < 4.78 is 11.3. The summed E-state index contributed by atoms with van der Waals surface area (Å²) in [7, 11) is 0. The van der Waals surface area contributed by atoms with Crippen molar-refractivity contribution in [1.29, 1.82) is 0 Å². The van der Waals surface area contributed by atoms with E-state index in [1.807, 2.05) is 49.8 Å². The van der Waals surface area contributed by atoms with E-state index in [0.717, 1.165) is 26.8 Å². The molecule has 5 rings (SSSR count). The summed E-state index contributed by atoms with van der Waals surface area (Å²) in [5.74, 6) is 2.54. The van der Waals surface area contributed by atoms with Crippen LogP contribution in [0.5, 0.6) is 0 Å². The van der Waals surface area contributed by atoms with E-state index in [1.54, 1.807) is 37.4 Å². The van der Waals surface area contributed by atoms with Gasteiger partial charge in [-0.05, 0) is 61.8 Å². The molecule has 0 aliphatic heterocycles. The highest BCUT2D eigenvalue weighted by atomic mass is 32.2. The van der Waals surface area contributed by atoms with Crippen LogP contribution in [-0.4, -0.2) is 47.2 Å². The first-order valence-corrected chi connectivity index (χ1v) is 13.9. The van der Waals surface area contributed by atoms with Crippen LogP contribution >= 0.6 is 23.5 Å². The summed E-state index contributed by atoms with van der Waals surface area (Å²) in [5.41, 5.74) is 16.6. The molecule has 2 aromatic carbocycles. The molecule has 3 heterocycles. The van der Waals surface area contributed by atoms with E-state index in [4.69, 9.17) is 20.3 Å². The zero-order chi connectivity index (χ0) is 27.7. The zero-order valence-electron chi connectivity index (χ0n) is 22.1. The van der Waals surface area contributed by atoms with Gasteiger partial charge in [0.1, 0.15) is 10.2 Å². The lowest BCUT2D eigenvalue weighted by Gasteiger charge is -1.98. The van der Waals surface area contributed by atoms with Gasteiger partial charge in [-0.25, -0.2) is 4.98 Å². The maximum absolute atomic E-state index is 5.50. The number of nitrogens with zero attached hydrogens (tertiary/aromatic N) is 6. The van der Waals surface area contributed by atoms with Crippen molar-refractivity contribution in [3.8, 4) is 0 Å². The van der Waals surface area contributed by atoms with Gasteiger partial charge < -0.3 is 25.3 Å². The van der Waals surface area contributed by atoms with Gasteiger partial charge in [-0.1, -0.05) is 17.2 Å². The molecule has 0 saturated heterocycles. The fraction of sp³-hybridized carbons (Fsp3) is 0.280. The van der Waals surface area contributed by atoms with E-state index in [9.17, 15) is 0 Å². The van der Waals surface area contributed by atoms with Crippen LogP contribution in [-0.2, 0) is 6.42 Å². The molecule has 0 bridgehead atoms. The molecule has 0 aliphatic carbocycles. The number of fused-ring (bicyclic) bond motifs is 1. The van der Waals surface area contributed by atoms with Crippen LogP contribution in [0.2, 0.25) is 0 Å². The van der Waals surface area contributed by atoms with Gasteiger partial charge in [-0.15, -0.1) is 38.8 Å². The van der Waals surface area contributed by atoms with Crippen molar-refractivity contribution in [2.45, 2.75) is 34.1 Å². The largest absolute Gasteiger partial charge is 0.425 e. The second-order valence-electron chi connectivity index (χ2n) is 8.12. The SMILES string of the molecule is CSC(=Nc1nnc(C)o1)SC.Cc1ccc(N)c(N)c1.Cc1ccc2nc(Cc3nnc(C)o3)[nH]c2c1. The number of anilines is 2. The molecule has 0 radical (unpaired) electrons. The van der Waals surface area contributed by atoms with Crippen molar-refractivity contribution in [2.75, 3.05) is 24.0 Å². The number of nitrogens with one attached hydrogen (secondary N) is 1. The third kappa shape index (κ3) is 8.63. The summed E-state index contributed by atoms with van der Waals surface area (Å²) in [6.45, 7) is 7.56. The van der Waals surface area contributed by atoms with Gasteiger partial charge in [-0.2, -0.15) is 4.99 Å². The van der Waals surface area contributed by atoms with Gasteiger partial charge in [0.05, 0.1) is 28.8 Å². The van der Waals surface area contributed by atoms with E-state index in [-0.39, 0.29) is 0 Å². The number of thioether (sulfide) groups is 2. The molecule has 5 N–H and O–H groups in total. The molecule has 0 atom stereocenters. The van der Waals surface area contributed by atoms with Gasteiger partial charge in [0.15, 0.2) is 0 Å². The topological polar surface area (TPSA) is 171 Å². The van der Waals surface area contributed by atoms with Crippen LogP contribution in [0.4, 0.5) is 17.4 Å². The number of aryl methyl sites for hydroxylation is 4. The van der Waals surface area contributed by atoms with Gasteiger partial charge in [0.2, 0.25) is 17.7 Å². The monoisotopic (exact) mass is 553 g/mol. The Kier molecular flexibility index (Phi) is 10.3. The smallest absolute Gasteiger partial charge is 0.344 e. The van der Waals surface area contributed by atoms with Crippen molar-refractivity contribution >= 4 is 56.3 Å². The number of rotatable bonds is 3. The quantitative estimate of drug-likeness (QED) is 0.148. The third-order valence-corrected chi connectivity index (χ3v) is 6.75. The summed E-state index contributed by atoms with van der Waals surface area (Å²) in [6, 6.07) is 12.1. The van der Waals surface area contributed by atoms with Crippen molar-refractivity contribution < 1.29 is 8.83 Å². The number of H-pyrrole nitrogens is 1. The van der Waals surface area contributed by atoms with Gasteiger partial charge >= 0.3 is 6.01 Å². The Morgan fingerprint density at radius 3 is 2.08 bits per heavy atom. The number of benzene rings is 2. The van der Waals surface area contributed by atoms with Crippen LogP contribution in [0.15, 0.2) is 50.2 Å². The Balaban J connectivity index is 0.000000168. The Bertz CT molecular complexity index is 1500. The van der Waals surface area contributed by atoms with Crippen LogP contribution in [0.1, 0.15) is 34.6 Å². The van der Waals surface area contributed by atoms with Crippen molar-refractivity contribution in [3.63, 3.8) is 0 Å². The molecule has 0 unspecified atom stereocenters. The van der Waals surface area contributed by atoms with Crippen LogP contribution in [0.3, 0.4) is 0 Å². The highest BCUT2D eigenvalue weighted by molar-refractivity contribution is 8.38. The van der Waals surface area contributed by atoms with E-state index in [2.05, 4.69) is 48.3 Å². The van der Waals surface area contributed by atoms with Crippen molar-refractivity contribution in [3.05, 3.63) is 71.0 Å². The Labute approximate surface area is 229 Å². The van der Waals surface area contributed by atoms with Crippen LogP contribution in [0.25, 0.3) is 11.0 Å². The predicted octanol–water partition coefficient (Wildman–Crippen LogP) is 5.40. The average Bonchev–Trinajstić information content (AvgIpc) is 3.60. The lowest BCUT2D eigenvalue weighted by molar-refractivity contribution is 0.475. The molecule has 0 aliphatic rings. The first-order chi connectivity index (χ1) is 18.2. The standard InChI is InChI=1S/C12H12N4O.C7H10N2.C6H9N3OS2/c1-7-3-4-9-10(5-7)14-11(13-9)6-12-16-15-8(2)17-12;1-5-2-3-6(8)7(9)4-5;1-4-8-9-5(10-4)7-6(11-2)12-3/h3-5H,6H2,1-2H3,(H,13,14);2-4H,8-9H2,1H3;1-3H3. The molecule has 0 spiro atoms. The minimum Gasteiger partial charge on any atom is -0.425 e. The van der Waals surface area contributed by atoms with Gasteiger partial charge in [0.25, 0.3) is 0 Å². The number of imidazole rings is 1. The van der Waals surface area contributed by atoms with E-state index in [0.29, 0.717) is 41.5 Å². The van der Waals surface area contributed by atoms with Crippen LogP contribution < -0.4 is 11.5 Å². The van der Waals surface area contributed by atoms with Gasteiger partial charge in [-0.3, -0.25) is 0 Å². The van der Waals surface area contributed by atoms with Crippen LogP contribution in [0, 0.1) is 27.7 Å². The number of nitrogens with two attached hydrogens (primary N) is 2. The first kappa shape index (κ1) is 28.7. The number of hydrogen-bond donors (Lipinski definition) is 3. The Hall–Kier alpha value is -3.84. The molecule has 11 nitrogen and oxygen atoms in total. The number of hydrogen-bond acceptors (Lipinski definition) is 12. The maximum Gasteiger partial charge on any atom is 0.344 e. The van der Waals surface area contributed by atoms with Crippen molar-refractivity contribution in [1.82, 2.24) is 30.4 Å². The maximum atomic E-state index is 5.50.